The molecule has 4 nitrogen and oxygen atoms in total. The first kappa shape index (κ1) is 12.7. The van der Waals surface area contributed by atoms with E-state index in [2.05, 4.69) is 21.2 Å². The van der Waals surface area contributed by atoms with Gasteiger partial charge in [0, 0.05) is 22.3 Å². The van der Waals surface area contributed by atoms with E-state index in [0.717, 1.165) is 15.7 Å². The summed E-state index contributed by atoms with van der Waals surface area (Å²) < 4.78 is 5.86. The molecule has 0 atom stereocenters. The molecule has 2 rings (SSSR count). The van der Waals surface area contributed by atoms with Crippen LogP contribution in [-0.4, -0.2) is 11.1 Å². The SMILES string of the molecule is Cc1ccc(NCc2ccoc2C(=O)O)c(Br)c1. The van der Waals surface area contributed by atoms with E-state index >= 15 is 0 Å². The Morgan fingerprint density at radius 1 is 1.44 bits per heavy atom. The van der Waals surface area contributed by atoms with Gasteiger partial charge in [0.1, 0.15) is 0 Å². The molecule has 2 N–H and O–H groups in total. The van der Waals surface area contributed by atoms with Gasteiger partial charge in [-0.2, -0.15) is 0 Å². The van der Waals surface area contributed by atoms with Gasteiger partial charge in [-0.25, -0.2) is 4.79 Å². The van der Waals surface area contributed by atoms with E-state index in [1.807, 2.05) is 25.1 Å². The number of anilines is 1. The molecule has 1 aromatic carbocycles. The molecule has 5 heteroatoms. The highest BCUT2D eigenvalue weighted by Gasteiger charge is 2.13. The van der Waals surface area contributed by atoms with Crippen molar-refractivity contribution in [2.45, 2.75) is 13.5 Å². The summed E-state index contributed by atoms with van der Waals surface area (Å²) in [6, 6.07) is 7.58. The molecule has 0 amide bonds. The van der Waals surface area contributed by atoms with Crippen LogP contribution >= 0.6 is 15.9 Å². The third-order valence-electron chi connectivity index (χ3n) is 2.53. The minimum absolute atomic E-state index is 0.0225. The van der Waals surface area contributed by atoms with Gasteiger partial charge >= 0.3 is 5.97 Å². The predicted octanol–water partition coefficient (Wildman–Crippen LogP) is 3.66. The highest BCUT2D eigenvalue weighted by Crippen LogP contribution is 2.24. The van der Waals surface area contributed by atoms with Gasteiger partial charge in [0.25, 0.3) is 0 Å². The molecule has 0 spiro atoms. The van der Waals surface area contributed by atoms with Crippen LogP contribution < -0.4 is 5.32 Å². The van der Waals surface area contributed by atoms with Crippen LogP contribution in [0.15, 0.2) is 39.4 Å². The Labute approximate surface area is 113 Å². The van der Waals surface area contributed by atoms with Gasteiger partial charge in [0.2, 0.25) is 5.76 Å². The summed E-state index contributed by atoms with van der Waals surface area (Å²) in [5.41, 5.74) is 2.69. The summed E-state index contributed by atoms with van der Waals surface area (Å²) in [5, 5.41) is 12.1. The van der Waals surface area contributed by atoms with Gasteiger partial charge in [0.15, 0.2) is 0 Å². The molecule has 0 saturated heterocycles. The van der Waals surface area contributed by atoms with E-state index in [0.29, 0.717) is 12.1 Å². The number of benzene rings is 1. The quantitative estimate of drug-likeness (QED) is 0.904. The Bertz CT molecular complexity index is 577. The van der Waals surface area contributed by atoms with E-state index < -0.39 is 5.97 Å². The summed E-state index contributed by atoms with van der Waals surface area (Å²) in [7, 11) is 0. The maximum atomic E-state index is 10.9. The Hall–Kier alpha value is -1.75. The number of carboxylic acids is 1. The fourth-order valence-electron chi connectivity index (χ4n) is 1.62. The number of carbonyl (C=O) groups is 1. The first-order valence-electron chi connectivity index (χ1n) is 5.37. The minimum atomic E-state index is -1.06. The van der Waals surface area contributed by atoms with Gasteiger partial charge in [-0.15, -0.1) is 0 Å². The number of halogens is 1. The first-order valence-corrected chi connectivity index (χ1v) is 6.17. The molecule has 0 saturated carbocycles. The highest BCUT2D eigenvalue weighted by molar-refractivity contribution is 9.10. The molecule has 0 radical (unpaired) electrons. The van der Waals surface area contributed by atoms with Crippen LogP contribution in [-0.2, 0) is 6.54 Å². The van der Waals surface area contributed by atoms with Crippen molar-refractivity contribution in [3.8, 4) is 0 Å². The van der Waals surface area contributed by atoms with E-state index in [9.17, 15) is 4.79 Å². The van der Waals surface area contributed by atoms with Crippen molar-refractivity contribution >= 4 is 27.6 Å². The molecule has 0 aliphatic carbocycles. The molecular formula is C13H12BrNO3. The lowest BCUT2D eigenvalue weighted by Gasteiger charge is -2.08. The lowest BCUT2D eigenvalue weighted by molar-refractivity contribution is 0.0661. The van der Waals surface area contributed by atoms with Gasteiger partial charge in [-0.1, -0.05) is 6.07 Å². The lowest BCUT2D eigenvalue weighted by atomic mass is 10.2. The zero-order valence-electron chi connectivity index (χ0n) is 9.74. The maximum Gasteiger partial charge on any atom is 0.372 e. The molecule has 0 aliphatic heterocycles. The fraction of sp³-hybridized carbons (Fsp3) is 0.154. The van der Waals surface area contributed by atoms with E-state index in [1.165, 1.54) is 6.26 Å². The molecule has 18 heavy (non-hydrogen) atoms. The Morgan fingerprint density at radius 3 is 2.89 bits per heavy atom. The monoisotopic (exact) mass is 309 g/mol. The van der Waals surface area contributed by atoms with Gasteiger partial charge in [-0.3, -0.25) is 0 Å². The maximum absolute atomic E-state index is 10.9. The van der Waals surface area contributed by atoms with Crippen LogP contribution in [0.3, 0.4) is 0 Å². The molecule has 1 heterocycles. The minimum Gasteiger partial charge on any atom is -0.475 e. The Kier molecular flexibility index (Phi) is 3.72. The second kappa shape index (κ2) is 5.27. The number of nitrogens with one attached hydrogen (secondary N) is 1. The van der Waals surface area contributed by atoms with E-state index in [1.54, 1.807) is 6.07 Å². The molecule has 0 bridgehead atoms. The van der Waals surface area contributed by atoms with Crippen LogP contribution in [0.2, 0.25) is 0 Å². The lowest BCUT2D eigenvalue weighted by Crippen LogP contribution is -2.05. The van der Waals surface area contributed by atoms with Crippen LogP contribution in [0.1, 0.15) is 21.7 Å². The van der Waals surface area contributed by atoms with Crippen molar-refractivity contribution in [1.82, 2.24) is 0 Å². The smallest absolute Gasteiger partial charge is 0.372 e. The standard InChI is InChI=1S/C13H12BrNO3/c1-8-2-3-11(10(14)6-8)15-7-9-4-5-18-12(9)13(16)17/h2-6,15H,7H2,1H3,(H,16,17). The largest absolute Gasteiger partial charge is 0.475 e. The normalized spacial score (nSPS) is 10.3. The number of hydrogen-bond donors (Lipinski definition) is 2. The van der Waals surface area contributed by atoms with E-state index in [-0.39, 0.29) is 5.76 Å². The number of aryl methyl sites for hydroxylation is 1. The van der Waals surface area contributed by atoms with Crippen molar-refractivity contribution in [2.24, 2.45) is 0 Å². The Balaban J connectivity index is 2.11. The summed E-state index contributed by atoms with van der Waals surface area (Å²) >= 11 is 3.46. The van der Waals surface area contributed by atoms with Gasteiger partial charge < -0.3 is 14.8 Å². The molecule has 94 valence electrons. The summed E-state index contributed by atoms with van der Waals surface area (Å²) in [6.45, 7) is 2.41. The van der Waals surface area contributed by atoms with Crippen molar-refractivity contribution in [2.75, 3.05) is 5.32 Å². The third-order valence-corrected chi connectivity index (χ3v) is 3.19. The van der Waals surface area contributed by atoms with Crippen molar-refractivity contribution in [3.05, 3.63) is 51.9 Å². The summed E-state index contributed by atoms with van der Waals surface area (Å²) in [5.74, 6) is -1.08. The topological polar surface area (TPSA) is 62.5 Å². The third kappa shape index (κ3) is 2.73. The van der Waals surface area contributed by atoms with Crippen LogP contribution in [0, 0.1) is 6.92 Å². The Morgan fingerprint density at radius 2 is 2.22 bits per heavy atom. The fourth-order valence-corrected chi connectivity index (χ4v) is 2.25. The number of rotatable bonds is 4. The number of carboxylic acid groups (broad SMARTS) is 1. The molecule has 0 aliphatic rings. The zero-order chi connectivity index (χ0) is 13.1. The van der Waals surface area contributed by atoms with Crippen LogP contribution in [0.4, 0.5) is 5.69 Å². The van der Waals surface area contributed by atoms with Crippen LogP contribution in [0.5, 0.6) is 0 Å². The zero-order valence-corrected chi connectivity index (χ0v) is 11.3. The van der Waals surface area contributed by atoms with Crippen molar-refractivity contribution < 1.29 is 14.3 Å². The second-order valence-electron chi connectivity index (χ2n) is 3.92. The summed E-state index contributed by atoms with van der Waals surface area (Å²) in [6.07, 6.45) is 1.38. The molecule has 0 fully saturated rings. The van der Waals surface area contributed by atoms with Crippen molar-refractivity contribution in [1.29, 1.82) is 0 Å². The van der Waals surface area contributed by atoms with E-state index in [4.69, 9.17) is 9.52 Å². The van der Waals surface area contributed by atoms with Crippen molar-refractivity contribution in [3.63, 3.8) is 0 Å². The average Bonchev–Trinajstić information content (AvgIpc) is 2.76. The predicted molar refractivity (Wildman–Crippen MR) is 71.9 cm³/mol. The first-order chi connectivity index (χ1) is 8.58. The highest BCUT2D eigenvalue weighted by atomic mass is 79.9. The molecule has 2 aromatic rings. The molecule has 0 unspecified atom stereocenters. The van der Waals surface area contributed by atoms with Gasteiger partial charge in [-0.05, 0) is 46.6 Å². The number of furan rings is 1. The second-order valence-corrected chi connectivity index (χ2v) is 4.77. The van der Waals surface area contributed by atoms with Gasteiger partial charge in [0.05, 0.1) is 6.26 Å². The number of hydrogen-bond acceptors (Lipinski definition) is 3. The van der Waals surface area contributed by atoms with Crippen LogP contribution in [0.25, 0.3) is 0 Å². The molecule has 1 aromatic heterocycles. The number of aromatic carboxylic acids is 1. The average molecular weight is 310 g/mol. The molecular weight excluding hydrogens is 298 g/mol. The summed E-state index contributed by atoms with van der Waals surface area (Å²) in [4.78, 5) is 10.9.